The van der Waals surface area contributed by atoms with Crippen molar-refractivity contribution in [3.63, 3.8) is 0 Å². The smallest absolute Gasteiger partial charge is 0.310 e. The first-order valence-corrected chi connectivity index (χ1v) is 6.88. The van der Waals surface area contributed by atoms with Crippen LogP contribution in [0.3, 0.4) is 0 Å². The standard InChI is InChI=1S/C15H14N2O4/c18-13-12-11(14(19)20)10-1-4-15(12,21-10)8-17(13)7-9-2-5-16-6-3-9/h1-6,10-12H,7-8H2,(H,19,20)/t10-,11?,12+,15-/m1/s1. The zero-order valence-corrected chi connectivity index (χ0v) is 11.2. The summed E-state index contributed by atoms with van der Waals surface area (Å²) >= 11 is 0. The minimum Gasteiger partial charge on any atom is -0.481 e. The van der Waals surface area contributed by atoms with Gasteiger partial charge >= 0.3 is 5.97 Å². The van der Waals surface area contributed by atoms with Gasteiger partial charge in [-0.05, 0) is 17.7 Å². The zero-order valence-electron chi connectivity index (χ0n) is 11.2. The Hall–Kier alpha value is -2.21. The molecule has 4 atom stereocenters. The lowest BCUT2D eigenvalue weighted by Crippen LogP contribution is -2.39. The van der Waals surface area contributed by atoms with Crippen LogP contribution in [0, 0.1) is 11.8 Å². The summed E-state index contributed by atoms with van der Waals surface area (Å²) < 4.78 is 5.83. The molecule has 6 heteroatoms. The number of carbonyl (C=O) groups is 2. The van der Waals surface area contributed by atoms with Crippen LogP contribution < -0.4 is 0 Å². The first-order chi connectivity index (χ1) is 10.1. The molecule has 0 radical (unpaired) electrons. The maximum atomic E-state index is 12.6. The zero-order chi connectivity index (χ0) is 14.6. The molecule has 2 fully saturated rings. The van der Waals surface area contributed by atoms with Crippen LogP contribution in [0.5, 0.6) is 0 Å². The average Bonchev–Trinajstić information content (AvgIpc) is 3.09. The lowest BCUT2D eigenvalue weighted by molar-refractivity contribution is -0.148. The van der Waals surface area contributed by atoms with Gasteiger partial charge in [0.15, 0.2) is 0 Å². The maximum Gasteiger partial charge on any atom is 0.310 e. The van der Waals surface area contributed by atoms with Gasteiger partial charge < -0.3 is 14.7 Å². The number of nitrogens with zero attached hydrogens (tertiary/aromatic N) is 2. The molecule has 0 aliphatic carbocycles. The van der Waals surface area contributed by atoms with Crippen molar-refractivity contribution in [2.45, 2.75) is 18.2 Å². The highest BCUT2D eigenvalue weighted by molar-refractivity contribution is 5.90. The predicted octanol–water partition coefficient (Wildman–Crippen LogP) is 0.448. The first-order valence-electron chi connectivity index (χ1n) is 6.88. The number of fused-ring (bicyclic) bond motifs is 1. The summed E-state index contributed by atoms with van der Waals surface area (Å²) in [6.45, 7) is 0.864. The average molecular weight is 286 g/mol. The number of amides is 1. The van der Waals surface area contributed by atoms with Gasteiger partial charge in [-0.3, -0.25) is 14.6 Å². The Kier molecular flexibility index (Phi) is 2.47. The Morgan fingerprint density at radius 2 is 2.24 bits per heavy atom. The van der Waals surface area contributed by atoms with Crippen LogP contribution in [-0.4, -0.2) is 45.1 Å². The Bertz CT molecular complexity index is 644. The van der Waals surface area contributed by atoms with Crippen molar-refractivity contribution in [2.24, 2.45) is 11.8 Å². The third-order valence-corrected chi connectivity index (χ3v) is 4.59. The van der Waals surface area contributed by atoms with E-state index in [1.54, 1.807) is 23.4 Å². The van der Waals surface area contributed by atoms with E-state index in [0.29, 0.717) is 13.1 Å². The number of pyridine rings is 1. The predicted molar refractivity (Wildman–Crippen MR) is 71.0 cm³/mol. The molecule has 4 heterocycles. The van der Waals surface area contributed by atoms with Crippen molar-refractivity contribution in [2.75, 3.05) is 6.54 Å². The fourth-order valence-electron chi connectivity index (χ4n) is 3.70. The molecule has 3 aliphatic heterocycles. The molecule has 0 saturated carbocycles. The molecule has 108 valence electrons. The minimum atomic E-state index is -0.963. The summed E-state index contributed by atoms with van der Waals surface area (Å²) in [5.74, 6) is -2.47. The molecular weight excluding hydrogens is 272 g/mol. The number of hydrogen-bond acceptors (Lipinski definition) is 4. The number of ether oxygens (including phenoxy) is 1. The molecular formula is C15H14N2O4. The normalized spacial score (nSPS) is 36.3. The van der Waals surface area contributed by atoms with E-state index in [9.17, 15) is 14.7 Å². The van der Waals surface area contributed by atoms with E-state index >= 15 is 0 Å². The van der Waals surface area contributed by atoms with Gasteiger partial charge in [-0.1, -0.05) is 12.2 Å². The third kappa shape index (κ3) is 1.65. The summed E-state index contributed by atoms with van der Waals surface area (Å²) in [5.41, 5.74) is 0.220. The molecule has 2 saturated heterocycles. The number of aromatic nitrogens is 1. The fourth-order valence-corrected chi connectivity index (χ4v) is 3.70. The van der Waals surface area contributed by atoms with Crippen molar-refractivity contribution < 1.29 is 19.4 Å². The van der Waals surface area contributed by atoms with Gasteiger partial charge in [-0.25, -0.2) is 0 Å². The minimum absolute atomic E-state index is 0.133. The van der Waals surface area contributed by atoms with Gasteiger partial charge in [-0.2, -0.15) is 0 Å². The SMILES string of the molecule is O=C(O)C1[C@H]2C(=O)N(Cc3ccncc3)C[C@]23C=C[C@H]1O3. The van der Waals surface area contributed by atoms with Crippen LogP contribution in [-0.2, 0) is 20.9 Å². The summed E-state index contributed by atoms with van der Waals surface area (Å²) in [6.07, 6.45) is 6.53. The fraction of sp³-hybridized carbons (Fsp3) is 0.400. The molecule has 6 nitrogen and oxygen atoms in total. The van der Waals surface area contributed by atoms with Crippen molar-refractivity contribution in [3.05, 3.63) is 42.2 Å². The van der Waals surface area contributed by atoms with E-state index < -0.39 is 29.5 Å². The van der Waals surface area contributed by atoms with Gasteiger partial charge in [-0.15, -0.1) is 0 Å². The van der Waals surface area contributed by atoms with Crippen LogP contribution >= 0.6 is 0 Å². The topological polar surface area (TPSA) is 79.7 Å². The molecule has 4 rings (SSSR count). The van der Waals surface area contributed by atoms with E-state index in [-0.39, 0.29) is 5.91 Å². The number of carboxylic acid groups (broad SMARTS) is 1. The monoisotopic (exact) mass is 286 g/mol. The van der Waals surface area contributed by atoms with E-state index in [0.717, 1.165) is 5.56 Å². The quantitative estimate of drug-likeness (QED) is 0.816. The Morgan fingerprint density at radius 1 is 1.48 bits per heavy atom. The van der Waals surface area contributed by atoms with E-state index in [2.05, 4.69) is 4.98 Å². The van der Waals surface area contributed by atoms with Gasteiger partial charge in [0, 0.05) is 18.9 Å². The van der Waals surface area contributed by atoms with Crippen LogP contribution in [0.1, 0.15) is 5.56 Å². The molecule has 1 aromatic rings. The highest BCUT2D eigenvalue weighted by atomic mass is 16.5. The number of likely N-dealkylation sites (tertiary alicyclic amines) is 1. The lowest BCUT2D eigenvalue weighted by Gasteiger charge is -2.21. The molecule has 21 heavy (non-hydrogen) atoms. The van der Waals surface area contributed by atoms with Crippen LogP contribution in [0.25, 0.3) is 0 Å². The van der Waals surface area contributed by atoms with Crippen molar-refractivity contribution in [1.82, 2.24) is 9.88 Å². The van der Waals surface area contributed by atoms with Gasteiger partial charge in [0.1, 0.15) is 11.5 Å². The lowest BCUT2D eigenvalue weighted by atomic mass is 9.77. The van der Waals surface area contributed by atoms with Crippen LogP contribution in [0.4, 0.5) is 0 Å². The van der Waals surface area contributed by atoms with Crippen LogP contribution in [0.2, 0.25) is 0 Å². The van der Waals surface area contributed by atoms with Crippen molar-refractivity contribution >= 4 is 11.9 Å². The Morgan fingerprint density at radius 3 is 2.95 bits per heavy atom. The number of aliphatic carboxylic acids is 1. The van der Waals surface area contributed by atoms with E-state index in [4.69, 9.17) is 4.74 Å². The second kappa shape index (κ2) is 4.14. The second-order valence-corrected chi connectivity index (χ2v) is 5.79. The molecule has 0 aromatic carbocycles. The van der Waals surface area contributed by atoms with Crippen molar-refractivity contribution in [1.29, 1.82) is 0 Å². The molecule has 3 aliphatic rings. The maximum absolute atomic E-state index is 12.6. The Labute approximate surface area is 121 Å². The molecule has 1 spiro atoms. The highest BCUT2D eigenvalue weighted by Crippen LogP contribution is 2.52. The molecule has 1 N–H and O–H groups in total. The largest absolute Gasteiger partial charge is 0.481 e. The molecule has 2 bridgehead atoms. The van der Waals surface area contributed by atoms with Crippen LogP contribution in [0.15, 0.2) is 36.7 Å². The van der Waals surface area contributed by atoms with E-state index in [1.807, 2.05) is 18.2 Å². The first kappa shape index (κ1) is 12.5. The van der Waals surface area contributed by atoms with Crippen molar-refractivity contribution in [3.8, 4) is 0 Å². The van der Waals surface area contributed by atoms with Gasteiger partial charge in [0.05, 0.1) is 18.6 Å². The van der Waals surface area contributed by atoms with E-state index in [1.165, 1.54) is 0 Å². The summed E-state index contributed by atoms with van der Waals surface area (Å²) in [7, 11) is 0. The summed E-state index contributed by atoms with van der Waals surface area (Å²) in [5, 5.41) is 9.38. The number of rotatable bonds is 3. The van der Waals surface area contributed by atoms with Gasteiger partial charge in [0.2, 0.25) is 5.91 Å². The summed E-state index contributed by atoms with van der Waals surface area (Å²) in [4.78, 5) is 29.7. The molecule has 1 unspecified atom stereocenters. The third-order valence-electron chi connectivity index (χ3n) is 4.59. The van der Waals surface area contributed by atoms with Gasteiger partial charge in [0.25, 0.3) is 0 Å². The number of carboxylic acids is 1. The second-order valence-electron chi connectivity index (χ2n) is 5.79. The Balaban J connectivity index is 1.63. The molecule has 1 aromatic heterocycles. The number of hydrogen-bond donors (Lipinski definition) is 1. The summed E-state index contributed by atoms with van der Waals surface area (Å²) in [6, 6.07) is 3.70. The number of carbonyl (C=O) groups excluding carboxylic acids is 1. The highest BCUT2D eigenvalue weighted by Gasteiger charge is 2.66. The molecule has 1 amide bonds.